The number of carboxylic acids is 1. The summed E-state index contributed by atoms with van der Waals surface area (Å²) in [4.78, 5) is 25.1. The fourth-order valence-corrected chi connectivity index (χ4v) is 3.24. The Kier molecular flexibility index (Phi) is 4.06. The number of amides is 1. The lowest BCUT2D eigenvalue weighted by molar-refractivity contribution is -0.158. The minimum Gasteiger partial charge on any atom is -0.480 e. The molecule has 1 heterocycles. The van der Waals surface area contributed by atoms with Gasteiger partial charge in [-0.3, -0.25) is 4.79 Å². The van der Waals surface area contributed by atoms with Crippen LogP contribution in [0.5, 0.6) is 0 Å². The Morgan fingerprint density at radius 1 is 1.41 bits per heavy atom. The third-order valence-electron chi connectivity index (χ3n) is 4.17. The van der Waals surface area contributed by atoms with Crippen LogP contribution in [0.15, 0.2) is 18.2 Å². The second-order valence-corrected chi connectivity index (χ2v) is 5.95. The van der Waals surface area contributed by atoms with E-state index in [1.165, 1.54) is 17.0 Å². The van der Waals surface area contributed by atoms with E-state index in [9.17, 15) is 19.1 Å². The molecule has 0 radical (unpaired) electrons. The zero-order chi connectivity index (χ0) is 15.9. The molecule has 2 fully saturated rings. The van der Waals surface area contributed by atoms with Crippen molar-refractivity contribution in [1.82, 2.24) is 4.90 Å². The number of carboxylic acid groups (broad SMARTS) is 1. The fourth-order valence-electron chi connectivity index (χ4n) is 2.94. The van der Waals surface area contributed by atoms with Crippen LogP contribution >= 0.6 is 11.6 Å². The summed E-state index contributed by atoms with van der Waals surface area (Å²) < 4.78 is 19.0. The van der Waals surface area contributed by atoms with Gasteiger partial charge in [0.25, 0.3) is 0 Å². The van der Waals surface area contributed by atoms with Crippen LogP contribution in [0.1, 0.15) is 17.9 Å². The highest BCUT2D eigenvalue weighted by Crippen LogP contribution is 2.51. The largest absolute Gasteiger partial charge is 0.480 e. The predicted octanol–water partition coefficient (Wildman–Crippen LogP) is 1.89. The second kappa shape index (κ2) is 5.85. The summed E-state index contributed by atoms with van der Waals surface area (Å²) in [6.07, 6.45) is 0.489. The Hall–Kier alpha value is -1.66. The van der Waals surface area contributed by atoms with Gasteiger partial charge in [0, 0.05) is 29.0 Å². The van der Waals surface area contributed by atoms with Crippen molar-refractivity contribution in [3.05, 3.63) is 34.6 Å². The molecule has 0 bridgehead atoms. The van der Waals surface area contributed by atoms with Gasteiger partial charge in [-0.1, -0.05) is 17.7 Å². The molecule has 22 heavy (non-hydrogen) atoms. The third kappa shape index (κ3) is 2.68. The van der Waals surface area contributed by atoms with Gasteiger partial charge in [0.05, 0.1) is 13.2 Å². The van der Waals surface area contributed by atoms with Crippen molar-refractivity contribution in [2.75, 3.05) is 19.8 Å². The smallest absolute Gasteiger partial charge is 0.328 e. The van der Waals surface area contributed by atoms with Gasteiger partial charge in [-0.2, -0.15) is 0 Å². The molecule has 3 unspecified atom stereocenters. The van der Waals surface area contributed by atoms with E-state index in [-0.39, 0.29) is 25.0 Å². The maximum absolute atomic E-state index is 13.9. The average Bonchev–Trinajstić information content (AvgIpc) is 3.26. The molecule has 2 aliphatic rings. The third-order valence-corrected chi connectivity index (χ3v) is 4.50. The van der Waals surface area contributed by atoms with Crippen LogP contribution < -0.4 is 0 Å². The number of rotatable bonds is 3. The first kappa shape index (κ1) is 15.2. The van der Waals surface area contributed by atoms with E-state index in [4.69, 9.17) is 16.3 Å². The number of hydrogen-bond acceptors (Lipinski definition) is 3. The van der Waals surface area contributed by atoms with E-state index < -0.39 is 23.7 Å². The molecule has 1 N–H and O–H groups in total. The van der Waals surface area contributed by atoms with Crippen LogP contribution in [0.2, 0.25) is 5.02 Å². The highest BCUT2D eigenvalue weighted by atomic mass is 35.5. The first-order valence-corrected chi connectivity index (χ1v) is 7.43. The predicted molar refractivity (Wildman–Crippen MR) is 76.2 cm³/mol. The van der Waals surface area contributed by atoms with Crippen molar-refractivity contribution in [3.63, 3.8) is 0 Å². The topological polar surface area (TPSA) is 66.8 Å². The Bertz CT molecular complexity index is 603. The summed E-state index contributed by atoms with van der Waals surface area (Å²) in [7, 11) is 0. The minimum atomic E-state index is -1.09. The summed E-state index contributed by atoms with van der Waals surface area (Å²) in [5.74, 6) is -2.47. The SMILES string of the molecule is O=C(O)C1COCCN1C(=O)C1CC1c1c(F)cccc1Cl. The summed E-state index contributed by atoms with van der Waals surface area (Å²) >= 11 is 6.02. The van der Waals surface area contributed by atoms with Crippen LogP contribution in [0.4, 0.5) is 4.39 Å². The lowest BCUT2D eigenvalue weighted by Gasteiger charge is -2.33. The molecule has 0 aromatic heterocycles. The number of aliphatic carboxylic acids is 1. The van der Waals surface area contributed by atoms with Crippen LogP contribution in [0, 0.1) is 11.7 Å². The Labute approximate surface area is 131 Å². The van der Waals surface area contributed by atoms with Gasteiger partial charge < -0.3 is 14.7 Å². The Morgan fingerprint density at radius 3 is 2.86 bits per heavy atom. The molecule has 1 saturated heterocycles. The van der Waals surface area contributed by atoms with Crippen molar-refractivity contribution in [3.8, 4) is 0 Å². The summed E-state index contributed by atoms with van der Waals surface area (Å²) in [5.41, 5.74) is 0.350. The van der Waals surface area contributed by atoms with Gasteiger partial charge in [0.2, 0.25) is 5.91 Å². The molecular formula is C15H15ClFNO4. The highest BCUT2D eigenvalue weighted by molar-refractivity contribution is 6.31. The number of hydrogen-bond donors (Lipinski definition) is 1. The fraction of sp³-hybridized carbons (Fsp3) is 0.467. The molecular weight excluding hydrogens is 313 g/mol. The molecule has 7 heteroatoms. The highest BCUT2D eigenvalue weighted by Gasteiger charge is 2.49. The molecule has 0 spiro atoms. The van der Waals surface area contributed by atoms with Gasteiger partial charge in [0.1, 0.15) is 5.82 Å². The average molecular weight is 328 g/mol. The first-order chi connectivity index (χ1) is 10.5. The Balaban J connectivity index is 1.76. The van der Waals surface area contributed by atoms with E-state index in [1.54, 1.807) is 6.07 Å². The van der Waals surface area contributed by atoms with Crippen LogP contribution in [-0.4, -0.2) is 47.7 Å². The maximum atomic E-state index is 13.9. The summed E-state index contributed by atoms with van der Waals surface area (Å²) in [6.45, 7) is 0.538. The van der Waals surface area contributed by atoms with E-state index in [1.807, 2.05) is 0 Å². The number of carbonyl (C=O) groups excluding carboxylic acids is 1. The van der Waals surface area contributed by atoms with Gasteiger partial charge in [-0.05, 0) is 18.6 Å². The van der Waals surface area contributed by atoms with E-state index in [2.05, 4.69) is 0 Å². The lowest BCUT2D eigenvalue weighted by Crippen LogP contribution is -2.53. The summed E-state index contributed by atoms with van der Waals surface area (Å²) in [6, 6.07) is 3.45. The molecule has 3 atom stereocenters. The van der Waals surface area contributed by atoms with Crippen molar-refractivity contribution < 1.29 is 23.8 Å². The van der Waals surface area contributed by atoms with E-state index in [0.717, 1.165) is 0 Å². The quantitative estimate of drug-likeness (QED) is 0.920. The molecule has 1 amide bonds. The number of carbonyl (C=O) groups is 2. The standard InChI is InChI=1S/C15H15ClFNO4/c16-10-2-1-3-11(17)13(10)8-6-9(8)14(19)18-4-5-22-7-12(18)15(20)21/h1-3,8-9,12H,4-7H2,(H,20,21). The normalized spacial score (nSPS) is 27.5. The summed E-state index contributed by atoms with van der Waals surface area (Å²) in [5, 5.41) is 9.48. The lowest BCUT2D eigenvalue weighted by atomic mass is 10.1. The zero-order valence-electron chi connectivity index (χ0n) is 11.7. The molecule has 118 valence electrons. The van der Waals surface area contributed by atoms with Crippen molar-refractivity contribution in [2.24, 2.45) is 5.92 Å². The Morgan fingerprint density at radius 2 is 2.18 bits per heavy atom. The van der Waals surface area contributed by atoms with Crippen molar-refractivity contribution >= 4 is 23.5 Å². The van der Waals surface area contributed by atoms with Crippen LogP contribution in [-0.2, 0) is 14.3 Å². The van der Waals surface area contributed by atoms with Crippen molar-refractivity contribution in [2.45, 2.75) is 18.4 Å². The van der Waals surface area contributed by atoms with E-state index in [0.29, 0.717) is 23.6 Å². The maximum Gasteiger partial charge on any atom is 0.328 e. The number of nitrogens with zero attached hydrogens (tertiary/aromatic N) is 1. The molecule has 1 aliphatic carbocycles. The van der Waals surface area contributed by atoms with Crippen LogP contribution in [0.25, 0.3) is 0 Å². The molecule has 1 aromatic rings. The van der Waals surface area contributed by atoms with Gasteiger partial charge in [-0.25, -0.2) is 9.18 Å². The van der Waals surface area contributed by atoms with Gasteiger partial charge in [-0.15, -0.1) is 0 Å². The second-order valence-electron chi connectivity index (χ2n) is 5.54. The minimum absolute atomic E-state index is 0.0150. The molecule has 5 nitrogen and oxygen atoms in total. The molecule has 1 aliphatic heterocycles. The van der Waals surface area contributed by atoms with Crippen LogP contribution in [0.3, 0.4) is 0 Å². The molecule has 3 rings (SSSR count). The zero-order valence-corrected chi connectivity index (χ0v) is 12.4. The number of benzene rings is 1. The first-order valence-electron chi connectivity index (χ1n) is 7.05. The van der Waals surface area contributed by atoms with Gasteiger partial charge in [0.15, 0.2) is 6.04 Å². The number of halogens is 2. The monoisotopic (exact) mass is 327 g/mol. The van der Waals surface area contributed by atoms with Crippen molar-refractivity contribution in [1.29, 1.82) is 0 Å². The number of morpholine rings is 1. The molecule has 1 saturated carbocycles. The molecule has 1 aromatic carbocycles. The van der Waals surface area contributed by atoms with E-state index >= 15 is 0 Å². The van der Waals surface area contributed by atoms with Gasteiger partial charge >= 0.3 is 5.97 Å². The number of ether oxygens (including phenoxy) is 1.